The molecule has 8 heteroatoms. The number of hydrogen-bond donors (Lipinski definition) is 0. The molecule has 0 amide bonds. The molecule has 0 N–H and O–H groups in total. The van der Waals surface area contributed by atoms with Crippen molar-refractivity contribution in [3.63, 3.8) is 0 Å². The molecule has 0 saturated carbocycles. The second-order valence-electron chi connectivity index (χ2n) is 8.16. The highest BCUT2D eigenvalue weighted by Crippen LogP contribution is 2.25. The van der Waals surface area contributed by atoms with Crippen LogP contribution in [0.2, 0.25) is 0 Å². The molecule has 0 bridgehead atoms. The predicted molar refractivity (Wildman–Crippen MR) is 137 cm³/mol. The van der Waals surface area contributed by atoms with E-state index >= 15 is 0 Å². The lowest BCUT2D eigenvalue weighted by Crippen LogP contribution is -2.36. The van der Waals surface area contributed by atoms with Crippen molar-refractivity contribution in [3.8, 4) is 11.3 Å². The molecule has 184 valence electrons. The number of ketones is 1. The van der Waals surface area contributed by atoms with Gasteiger partial charge >= 0.3 is 0 Å². The lowest BCUT2D eigenvalue weighted by atomic mass is 10.1. The molecule has 0 unspecified atom stereocenters. The Kier molecular flexibility index (Phi) is 7.85. The Hall–Kier alpha value is -3.20. The number of carbonyl (C=O) groups excluding carboxylic acids is 1. The summed E-state index contributed by atoms with van der Waals surface area (Å²) in [7, 11) is -3.50. The first kappa shape index (κ1) is 24.9. The monoisotopic (exact) mass is 494 g/mol. The first-order valence-electron chi connectivity index (χ1n) is 11.8. The molecule has 0 aliphatic carbocycles. The number of furan rings is 1. The van der Waals surface area contributed by atoms with Gasteiger partial charge in [0.1, 0.15) is 11.5 Å². The van der Waals surface area contributed by atoms with Gasteiger partial charge in [-0.05, 0) is 72.8 Å². The average molecular weight is 495 g/mol. The van der Waals surface area contributed by atoms with Crippen LogP contribution in [0, 0.1) is 0 Å². The van der Waals surface area contributed by atoms with E-state index in [1.807, 2.05) is 38.1 Å². The van der Waals surface area contributed by atoms with Crippen LogP contribution in [0.4, 0.5) is 5.69 Å². The average Bonchev–Trinajstić information content (AvgIpc) is 3.38. The van der Waals surface area contributed by atoms with Gasteiger partial charge in [0.2, 0.25) is 10.0 Å². The molecule has 3 aromatic rings. The largest absolute Gasteiger partial charge is 0.457 e. The minimum absolute atomic E-state index is 0.109. The Morgan fingerprint density at radius 2 is 1.60 bits per heavy atom. The number of sulfonamides is 1. The molecule has 0 radical (unpaired) electrons. The molecule has 0 spiro atoms. The van der Waals surface area contributed by atoms with Crippen molar-refractivity contribution in [2.75, 3.05) is 44.3 Å². The minimum atomic E-state index is -3.50. The summed E-state index contributed by atoms with van der Waals surface area (Å²) in [5.74, 6) is 1.03. The maximum atomic E-state index is 12.7. The first-order chi connectivity index (χ1) is 16.9. The quantitative estimate of drug-likeness (QED) is 0.317. The first-order valence-corrected chi connectivity index (χ1v) is 13.2. The molecule has 1 aliphatic heterocycles. The summed E-state index contributed by atoms with van der Waals surface area (Å²) in [5, 5.41) is 0. The van der Waals surface area contributed by atoms with Crippen LogP contribution in [0.5, 0.6) is 0 Å². The van der Waals surface area contributed by atoms with Crippen LogP contribution in [0.3, 0.4) is 0 Å². The van der Waals surface area contributed by atoms with E-state index in [0.29, 0.717) is 43.4 Å². The third kappa shape index (κ3) is 5.73. The standard InChI is InChI=1S/C27H30N2O5S/c1-3-29(4-2)35(31,32)25-13-7-22(8-14-25)27-16-12-24(34-27)11-15-26(30)21-5-9-23(10-6-21)28-17-19-33-20-18-28/h5-16H,3-4,17-20H2,1-2H3. The van der Waals surface area contributed by atoms with E-state index in [2.05, 4.69) is 4.90 Å². The molecule has 35 heavy (non-hydrogen) atoms. The van der Waals surface area contributed by atoms with E-state index < -0.39 is 10.0 Å². The topological polar surface area (TPSA) is 80.1 Å². The summed E-state index contributed by atoms with van der Waals surface area (Å²) in [6, 6.07) is 17.8. The number of nitrogens with zero attached hydrogens (tertiary/aromatic N) is 2. The molecule has 1 aliphatic rings. The summed E-state index contributed by atoms with van der Waals surface area (Å²) < 4.78 is 38.0. The molecular weight excluding hydrogens is 464 g/mol. The fourth-order valence-corrected chi connectivity index (χ4v) is 5.47. The minimum Gasteiger partial charge on any atom is -0.457 e. The van der Waals surface area contributed by atoms with E-state index in [1.165, 1.54) is 10.4 Å². The Balaban J connectivity index is 1.41. The van der Waals surface area contributed by atoms with Crippen LogP contribution >= 0.6 is 0 Å². The summed E-state index contributed by atoms with van der Waals surface area (Å²) in [5.41, 5.74) is 2.45. The summed E-state index contributed by atoms with van der Waals surface area (Å²) in [4.78, 5) is 15.1. The van der Waals surface area contributed by atoms with Gasteiger partial charge in [-0.2, -0.15) is 4.31 Å². The number of ether oxygens (including phenoxy) is 1. The molecule has 7 nitrogen and oxygen atoms in total. The number of benzene rings is 2. The van der Waals surface area contributed by atoms with Gasteiger partial charge in [-0.3, -0.25) is 4.79 Å². The van der Waals surface area contributed by atoms with Gasteiger partial charge in [0.05, 0.1) is 18.1 Å². The molecule has 2 heterocycles. The lowest BCUT2D eigenvalue weighted by molar-refractivity contribution is 0.104. The fourth-order valence-electron chi connectivity index (χ4n) is 4.01. The third-order valence-electron chi connectivity index (χ3n) is 6.04. The smallest absolute Gasteiger partial charge is 0.243 e. The normalized spacial score (nSPS) is 14.7. The number of hydrogen-bond acceptors (Lipinski definition) is 6. The van der Waals surface area contributed by atoms with Gasteiger partial charge in [-0.1, -0.05) is 13.8 Å². The van der Waals surface area contributed by atoms with Gasteiger partial charge < -0.3 is 14.1 Å². The van der Waals surface area contributed by atoms with Crippen molar-refractivity contribution >= 4 is 27.6 Å². The van der Waals surface area contributed by atoms with E-state index in [9.17, 15) is 13.2 Å². The molecule has 1 saturated heterocycles. The zero-order chi connectivity index (χ0) is 24.8. The zero-order valence-electron chi connectivity index (χ0n) is 20.0. The SMILES string of the molecule is CCN(CC)S(=O)(=O)c1ccc(-c2ccc(C=CC(=O)c3ccc(N4CCOCC4)cc3)o2)cc1. The van der Waals surface area contributed by atoms with Crippen LogP contribution in [0.25, 0.3) is 17.4 Å². The maximum absolute atomic E-state index is 12.7. The van der Waals surface area contributed by atoms with Crippen molar-refractivity contribution in [2.24, 2.45) is 0 Å². The van der Waals surface area contributed by atoms with Crippen LogP contribution in [0.15, 0.2) is 76.1 Å². The summed E-state index contributed by atoms with van der Waals surface area (Å²) >= 11 is 0. The van der Waals surface area contributed by atoms with Crippen LogP contribution < -0.4 is 4.90 Å². The Labute approximate surface area is 206 Å². The third-order valence-corrected chi connectivity index (χ3v) is 8.10. The van der Waals surface area contributed by atoms with E-state index in [-0.39, 0.29) is 10.7 Å². The Bertz CT molecular complexity index is 1270. The van der Waals surface area contributed by atoms with Gasteiger partial charge in [0.25, 0.3) is 0 Å². The van der Waals surface area contributed by atoms with E-state index in [0.717, 1.165) is 24.3 Å². The second-order valence-corrected chi connectivity index (χ2v) is 10.1. The fraction of sp³-hybridized carbons (Fsp3) is 0.296. The highest BCUT2D eigenvalue weighted by molar-refractivity contribution is 7.89. The van der Waals surface area contributed by atoms with Gasteiger partial charge in [-0.15, -0.1) is 0 Å². The lowest BCUT2D eigenvalue weighted by Gasteiger charge is -2.28. The summed E-state index contributed by atoms with van der Waals surface area (Å²) in [6.45, 7) is 7.61. The second kappa shape index (κ2) is 11.0. The number of rotatable bonds is 9. The van der Waals surface area contributed by atoms with Crippen LogP contribution in [-0.4, -0.2) is 57.9 Å². The van der Waals surface area contributed by atoms with Gasteiger partial charge in [0, 0.05) is 43.0 Å². The molecule has 0 atom stereocenters. The van der Waals surface area contributed by atoms with Crippen molar-refractivity contribution < 1.29 is 22.4 Å². The van der Waals surface area contributed by atoms with Crippen LogP contribution in [0.1, 0.15) is 30.0 Å². The van der Waals surface area contributed by atoms with Crippen molar-refractivity contribution in [1.29, 1.82) is 0 Å². The molecule has 2 aromatic carbocycles. The van der Waals surface area contributed by atoms with Gasteiger partial charge in [-0.25, -0.2) is 8.42 Å². The van der Waals surface area contributed by atoms with Crippen molar-refractivity contribution in [3.05, 3.63) is 78.1 Å². The highest BCUT2D eigenvalue weighted by atomic mass is 32.2. The van der Waals surface area contributed by atoms with Crippen LogP contribution in [-0.2, 0) is 14.8 Å². The molecule has 1 aromatic heterocycles. The Morgan fingerprint density at radius 1 is 0.943 bits per heavy atom. The number of anilines is 1. The zero-order valence-corrected chi connectivity index (χ0v) is 20.8. The highest BCUT2D eigenvalue weighted by Gasteiger charge is 2.21. The molecule has 4 rings (SSSR count). The van der Waals surface area contributed by atoms with Gasteiger partial charge in [0.15, 0.2) is 5.78 Å². The number of carbonyl (C=O) groups is 1. The predicted octanol–water partition coefficient (Wildman–Crippen LogP) is 4.71. The molecule has 1 fully saturated rings. The number of allylic oxidation sites excluding steroid dienone is 1. The van der Waals surface area contributed by atoms with Crippen molar-refractivity contribution in [2.45, 2.75) is 18.7 Å². The van der Waals surface area contributed by atoms with Crippen molar-refractivity contribution in [1.82, 2.24) is 4.31 Å². The van der Waals surface area contributed by atoms with E-state index in [4.69, 9.17) is 9.15 Å². The summed E-state index contributed by atoms with van der Waals surface area (Å²) in [6.07, 6.45) is 3.13. The Morgan fingerprint density at radius 3 is 2.23 bits per heavy atom. The van der Waals surface area contributed by atoms with E-state index in [1.54, 1.807) is 42.5 Å². The maximum Gasteiger partial charge on any atom is 0.243 e. The number of morpholine rings is 1. The molecular formula is C27H30N2O5S.